The maximum absolute atomic E-state index is 12.5. The number of likely N-dealkylation sites (tertiary alicyclic amines) is 1. The van der Waals surface area contributed by atoms with E-state index in [1.54, 1.807) is 0 Å². The predicted molar refractivity (Wildman–Crippen MR) is 73.5 cm³/mol. The summed E-state index contributed by atoms with van der Waals surface area (Å²) >= 11 is 0. The molecule has 2 fully saturated rings. The van der Waals surface area contributed by atoms with Crippen LogP contribution in [0, 0.1) is 5.41 Å². The number of hydrogen-bond donors (Lipinski definition) is 2. The summed E-state index contributed by atoms with van der Waals surface area (Å²) in [7, 11) is 2.16. The van der Waals surface area contributed by atoms with Gasteiger partial charge in [0.05, 0.1) is 5.41 Å². The Labute approximate surface area is 110 Å². The Balaban J connectivity index is 1.85. The molecule has 0 spiro atoms. The number of hydrogen-bond acceptors (Lipinski definition) is 3. The van der Waals surface area contributed by atoms with E-state index in [-0.39, 0.29) is 11.3 Å². The highest BCUT2D eigenvalue weighted by atomic mass is 16.2. The van der Waals surface area contributed by atoms with Gasteiger partial charge in [-0.3, -0.25) is 4.79 Å². The largest absolute Gasteiger partial charge is 0.354 e. The standard InChI is InChI=1S/C14H27N3O/c1-3-6-14(7-8-15-11-14)13(18)16-10-12-5-4-9-17(12)2/h12,15H,3-11H2,1-2H3,(H,16,18). The smallest absolute Gasteiger partial charge is 0.227 e. The van der Waals surface area contributed by atoms with Crippen molar-refractivity contribution in [1.82, 2.24) is 15.5 Å². The Bertz CT molecular complexity index is 287. The van der Waals surface area contributed by atoms with Gasteiger partial charge in [0, 0.05) is 19.1 Å². The molecule has 104 valence electrons. The summed E-state index contributed by atoms with van der Waals surface area (Å²) in [6, 6.07) is 0.544. The number of carbonyl (C=O) groups excluding carboxylic acids is 1. The molecule has 4 nitrogen and oxygen atoms in total. The van der Waals surface area contributed by atoms with Crippen LogP contribution in [0.25, 0.3) is 0 Å². The van der Waals surface area contributed by atoms with Crippen LogP contribution < -0.4 is 10.6 Å². The summed E-state index contributed by atoms with van der Waals surface area (Å²) in [5, 5.41) is 6.55. The molecule has 0 radical (unpaired) electrons. The van der Waals surface area contributed by atoms with Gasteiger partial charge < -0.3 is 15.5 Å². The third-order valence-electron chi connectivity index (χ3n) is 4.62. The van der Waals surface area contributed by atoms with Crippen LogP contribution in [0.3, 0.4) is 0 Å². The van der Waals surface area contributed by atoms with Crippen LogP contribution in [0.2, 0.25) is 0 Å². The zero-order valence-corrected chi connectivity index (χ0v) is 11.8. The fourth-order valence-corrected chi connectivity index (χ4v) is 3.38. The van der Waals surface area contributed by atoms with E-state index < -0.39 is 0 Å². The molecule has 2 N–H and O–H groups in total. The van der Waals surface area contributed by atoms with Crippen molar-refractivity contribution in [2.45, 2.75) is 45.1 Å². The van der Waals surface area contributed by atoms with E-state index in [2.05, 4.69) is 29.5 Å². The monoisotopic (exact) mass is 253 g/mol. The number of likely N-dealkylation sites (N-methyl/N-ethyl adjacent to an activating group) is 1. The van der Waals surface area contributed by atoms with E-state index in [4.69, 9.17) is 0 Å². The first-order valence-electron chi connectivity index (χ1n) is 7.37. The van der Waals surface area contributed by atoms with E-state index in [0.29, 0.717) is 6.04 Å². The van der Waals surface area contributed by atoms with Crippen LogP contribution in [-0.2, 0) is 4.79 Å². The first kappa shape index (κ1) is 13.8. The summed E-state index contributed by atoms with van der Waals surface area (Å²) in [6.45, 7) is 5.99. The van der Waals surface area contributed by atoms with Gasteiger partial charge in [-0.05, 0) is 45.8 Å². The topological polar surface area (TPSA) is 44.4 Å². The number of carbonyl (C=O) groups is 1. The van der Waals surface area contributed by atoms with Gasteiger partial charge in [-0.25, -0.2) is 0 Å². The molecule has 0 bridgehead atoms. The second-order valence-electron chi connectivity index (χ2n) is 5.94. The van der Waals surface area contributed by atoms with Crippen LogP contribution >= 0.6 is 0 Å². The lowest BCUT2D eigenvalue weighted by Gasteiger charge is -2.28. The maximum Gasteiger partial charge on any atom is 0.227 e. The summed E-state index contributed by atoms with van der Waals surface area (Å²) in [6.07, 6.45) is 5.56. The Hall–Kier alpha value is -0.610. The van der Waals surface area contributed by atoms with Gasteiger partial charge in [0.1, 0.15) is 0 Å². The van der Waals surface area contributed by atoms with Gasteiger partial charge in [0.15, 0.2) is 0 Å². The molecule has 2 aliphatic heterocycles. The molecule has 2 heterocycles. The molecule has 0 aromatic carbocycles. The first-order valence-corrected chi connectivity index (χ1v) is 7.37. The number of amides is 1. The highest BCUT2D eigenvalue weighted by Crippen LogP contribution is 2.31. The molecule has 0 aromatic heterocycles. The number of nitrogens with zero attached hydrogens (tertiary/aromatic N) is 1. The summed E-state index contributed by atoms with van der Waals surface area (Å²) in [5.41, 5.74) is -0.133. The Morgan fingerprint density at radius 1 is 1.56 bits per heavy atom. The van der Waals surface area contributed by atoms with E-state index in [0.717, 1.165) is 38.9 Å². The highest BCUT2D eigenvalue weighted by molar-refractivity contribution is 5.83. The SMILES string of the molecule is CCCC1(C(=O)NCC2CCCN2C)CCNC1. The van der Waals surface area contributed by atoms with Crippen molar-refractivity contribution in [3.8, 4) is 0 Å². The minimum absolute atomic E-state index is 0.133. The lowest BCUT2D eigenvalue weighted by molar-refractivity contribution is -0.130. The van der Waals surface area contributed by atoms with Gasteiger partial charge in [0.2, 0.25) is 5.91 Å². The summed E-state index contributed by atoms with van der Waals surface area (Å²) in [4.78, 5) is 14.8. The van der Waals surface area contributed by atoms with Crippen molar-refractivity contribution in [1.29, 1.82) is 0 Å². The van der Waals surface area contributed by atoms with E-state index >= 15 is 0 Å². The summed E-state index contributed by atoms with van der Waals surface area (Å²) < 4.78 is 0. The number of nitrogens with one attached hydrogen (secondary N) is 2. The molecule has 18 heavy (non-hydrogen) atoms. The molecule has 0 aromatic rings. The molecule has 2 aliphatic rings. The second-order valence-corrected chi connectivity index (χ2v) is 5.94. The van der Waals surface area contributed by atoms with Crippen LogP contribution in [0.1, 0.15) is 39.0 Å². The Morgan fingerprint density at radius 3 is 2.94 bits per heavy atom. The van der Waals surface area contributed by atoms with Crippen molar-refractivity contribution < 1.29 is 4.79 Å². The maximum atomic E-state index is 12.5. The second kappa shape index (κ2) is 6.02. The van der Waals surface area contributed by atoms with Crippen LogP contribution in [-0.4, -0.2) is 50.1 Å². The molecular formula is C14H27N3O. The fourth-order valence-electron chi connectivity index (χ4n) is 3.38. The molecule has 2 atom stereocenters. The van der Waals surface area contributed by atoms with E-state index in [9.17, 15) is 4.79 Å². The van der Waals surface area contributed by atoms with Crippen LogP contribution in [0.4, 0.5) is 0 Å². The summed E-state index contributed by atoms with van der Waals surface area (Å²) in [5.74, 6) is 0.273. The van der Waals surface area contributed by atoms with Gasteiger partial charge in [-0.15, -0.1) is 0 Å². The average molecular weight is 253 g/mol. The normalized spacial score (nSPS) is 32.9. The first-order chi connectivity index (χ1) is 8.68. The molecule has 2 rings (SSSR count). The zero-order valence-electron chi connectivity index (χ0n) is 11.8. The molecule has 2 saturated heterocycles. The van der Waals surface area contributed by atoms with Crippen molar-refractivity contribution in [3.05, 3.63) is 0 Å². The predicted octanol–water partition coefficient (Wildman–Crippen LogP) is 0.977. The van der Waals surface area contributed by atoms with Crippen molar-refractivity contribution in [2.24, 2.45) is 5.41 Å². The van der Waals surface area contributed by atoms with E-state index in [1.807, 2.05) is 0 Å². The molecular weight excluding hydrogens is 226 g/mol. The van der Waals surface area contributed by atoms with Gasteiger partial charge in [-0.2, -0.15) is 0 Å². The molecule has 0 saturated carbocycles. The molecule has 2 unspecified atom stereocenters. The lowest BCUT2D eigenvalue weighted by Crippen LogP contribution is -2.46. The fraction of sp³-hybridized carbons (Fsp3) is 0.929. The molecule has 4 heteroatoms. The van der Waals surface area contributed by atoms with Crippen LogP contribution in [0.5, 0.6) is 0 Å². The van der Waals surface area contributed by atoms with Crippen molar-refractivity contribution in [3.63, 3.8) is 0 Å². The van der Waals surface area contributed by atoms with Crippen molar-refractivity contribution in [2.75, 3.05) is 33.2 Å². The van der Waals surface area contributed by atoms with Crippen molar-refractivity contribution >= 4 is 5.91 Å². The third-order valence-corrected chi connectivity index (χ3v) is 4.62. The average Bonchev–Trinajstić information content (AvgIpc) is 2.97. The zero-order chi connectivity index (χ0) is 13.0. The van der Waals surface area contributed by atoms with Crippen LogP contribution in [0.15, 0.2) is 0 Å². The minimum atomic E-state index is -0.133. The lowest BCUT2D eigenvalue weighted by atomic mass is 9.81. The van der Waals surface area contributed by atoms with Gasteiger partial charge >= 0.3 is 0 Å². The molecule has 1 amide bonds. The Kier molecular flexibility index (Phi) is 4.62. The minimum Gasteiger partial charge on any atom is -0.354 e. The number of rotatable bonds is 5. The molecule has 0 aliphatic carbocycles. The Morgan fingerprint density at radius 2 is 2.39 bits per heavy atom. The highest BCUT2D eigenvalue weighted by Gasteiger charge is 2.40. The third kappa shape index (κ3) is 2.86. The van der Waals surface area contributed by atoms with Gasteiger partial charge in [-0.1, -0.05) is 13.3 Å². The van der Waals surface area contributed by atoms with Gasteiger partial charge in [0.25, 0.3) is 0 Å². The quantitative estimate of drug-likeness (QED) is 0.767. The van der Waals surface area contributed by atoms with E-state index in [1.165, 1.54) is 19.4 Å².